The first kappa shape index (κ1) is 20.3. The molecule has 148 valence electrons. The molecule has 0 amide bonds. The lowest BCUT2D eigenvalue weighted by molar-refractivity contribution is 0.340. The molecule has 0 fully saturated rings. The summed E-state index contributed by atoms with van der Waals surface area (Å²) in [5, 5.41) is 0. The summed E-state index contributed by atoms with van der Waals surface area (Å²) in [6.07, 6.45) is 2.86. The summed E-state index contributed by atoms with van der Waals surface area (Å²) in [6, 6.07) is 24.4. The van der Waals surface area contributed by atoms with Crippen LogP contribution in [0.1, 0.15) is 30.5 Å². The quantitative estimate of drug-likeness (QED) is 0.311. The van der Waals surface area contributed by atoms with Gasteiger partial charge < -0.3 is 14.2 Å². The topological polar surface area (TPSA) is 27.7 Å². The van der Waals surface area contributed by atoms with Crippen molar-refractivity contribution in [3.63, 3.8) is 0 Å². The Labute approximate surface area is 172 Å². The van der Waals surface area contributed by atoms with E-state index in [2.05, 4.69) is 56.5 Å². The van der Waals surface area contributed by atoms with E-state index in [1.807, 2.05) is 43.3 Å². The second-order valence-corrected chi connectivity index (χ2v) is 6.70. The number of benzene rings is 3. The summed E-state index contributed by atoms with van der Waals surface area (Å²) < 4.78 is 16.4. The van der Waals surface area contributed by atoms with E-state index in [0.29, 0.717) is 6.61 Å². The number of hydrogen-bond acceptors (Lipinski definition) is 3. The first-order valence-electron chi connectivity index (χ1n) is 9.61. The molecule has 0 N–H and O–H groups in total. The molecule has 0 unspecified atom stereocenters. The number of ether oxygens (including phenoxy) is 3. The number of rotatable bonds is 9. The molecule has 0 bridgehead atoms. The molecular weight excluding hydrogens is 360 g/mol. The lowest BCUT2D eigenvalue weighted by Crippen LogP contribution is -2.25. The molecule has 0 atom stereocenters. The van der Waals surface area contributed by atoms with E-state index >= 15 is 0 Å². The molecule has 0 aliphatic carbocycles. The molecule has 29 heavy (non-hydrogen) atoms. The standard InChI is InChI=1S/C26H26O3/c1-5-27-23-14-8-20(9-15-23)26(4,21-10-16-24(17-11-21)28-6-2)22-12-18-25(19-13-22)29-7-3/h5-6,8-19H,1-2,7H2,3-4H3. The van der Waals surface area contributed by atoms with Gasteiger partial charge in [-0.2, -0.15) is 0 Å². The zero-order valence-electron chi connectivity index (χ0n) is 16.9. The zero-order valence-corrected chi connectivity index (χ0v) is 16.9. The van der Waals surface area contributed by atoms with Crippen molar-refractivity contribution < 1.29 is 14.2 Å². The zero-order chi connectivity index (χ0) is 20.7. The van der Waals surface area contributed by atoms with Gasteiger partial charge in [-0.1, -0.05) is 49.6 Å². The van der Waals surface area contributed by atoms with Gasteiger partial charge in [0.05, 0.1) is 19.1 Å². The Morgan fingerprint density at radius 2 is 1.00 bits per heavy atom. The monoisotopic (exact) mass is 386 g/mol. The van der Waals surface area contributed by atoms with Crippen LogP contribution in [0.15, 0.2) is 98.5 Å². The summed E-state index contributed by atoms with van der Waals surface area (Å²) in [5.74, 6) is 2.38. The Kier molecular flexibility index (Phi) is 6.40. The molecule has 0 aliphatic heterocycles. The molecule has 0 radical (unpaired) electrons. The van der Waals surface area contributed by atoms with Crippen LogP contribution in [0.4, 0.5) is 0 Å². The molecule has 0 aliphatic rings. The van der Waals surface area contributed by atoms with E-state index in [1.54, 1.807) is 0 Å². The van der Waals surface area contributed by atoms with E-state index in [9.17, 15) is 0 Å². The van der Waals surface area contributed by atoms with Crippen LogP contribution in [-0.4, -0.2) is 6.61 Å². The Morgan fingerprint density at radius 3 is 1.31 bits per heavy atom. The first-order chi connectivity index (χ1) is 14.1. The molecule has 0 aromatic heterocycles. The van der Waals surface area contributed by atoms with Crippen molar-refractivity contribution in [2.24, 2.45) is 0 Å². The van der Waals surface area contributed by atoms with Gasteiger partial charge in [-0.05, 0) is 66.9 Å². The second-order valence-electron chi connectivity index (χ2n) is 6.70. The van der Waals surface area contributed by atoms with Gasteiger partial charge in [0.15, 0.2) is 0 Å². The summed E-state index contributed by atoms with van der Waals surface area (Å²) in [7, 11) is 0. The van der Waals surface area contributed by atoms with Gasteiger partial charge in [0.25, 0.3) is 0 Å². The SMILES string of the molecule is C=COc1ccc(C(C)(c2ccc(OC=C)cc2)c2ccc(OCC)cc2)cc1. The van der Waals surface area contributed by atoms with Crippen molar-refractivity contribution in [1.29, 1.82) is 0 Å². The van der Waals surface area contributed by atoms with Gasteiger partial charge in [-0.25, -0.2) is 0 Å². The second kappa shape index (κ2) is 9.16. The Balaban J connectivity index is 2.08. The van der Waals surface area contributed by atoms with Crippen molar-refractivity contribution in [2.75, 3.05) is 6.61 Å². The minimum atomic E-state index is -0.371. The molecular formula is C26H26O3. The van der Waals surface area contributed by atoms with Gasteiger partial charge >= 0.3 is 0 Å². The van der Waals surface area contributed by atoms with Gasteiger partial charge in [-0.15, -0.1) is 0 Å². The molecule has 0 heterocycles. The average molecular weight is 386 g/mol. The van der Waals surface area contributed by atoms with Gasteiger partial charge in [0.1, 0.15) is 17.2 Å². The molecule has 3 rings (SSSR count). The van der Waals surface area contributed by atoms with Crippen molar-refractivity contribution >= 4 is 0 Å². The van der Waals surface area contributed by atoms with Crippen LogP contribution in [0, 0.1) is 0 Å². The third-order valence-corrected chi connectivity index (χ3v) is 5.04. The largest absolute Gasteiger partial charge is 0.494 e. The highest BCUT2D eigenvalue weighted by Gasteiger charge is 2.31. The van der Waals surface area contributed by atoms with E-state index in [0.717, 1.165) is 33.9 Å². The van der Waals surface area contributed by atoms with Crippen LogP contribution in [0.5, 0.6) is 17.2 Å². The summed E-state index contributed by atoms with van der Waals surface area (Å²) in [5.41, 5.74) is 3.09. The maximum atomic E-state index is 5.62. The van der Waals surface area contributed by atoms with E-state index in [4.69, 9.17) is 14.2 Å². The lowest BCUT2D eigenvalue weighted by atomic mass is 9.71. The molecule has 3 aromatic carbocycles. The van der Waals surface area contributed by atoms with Gasteiger partial charge in [0.2, 0.25) is 0 Å². The Bertz CT molecular complexity index is 885. The first-order valence-corrected chi connectivity index (χ1v) is 9.61. The predicted molar refractivity (Wildman–Crippen MR) is 118 cm³/mol. The third-order valence-electron chi connectivity index (χ3n) is 5.04. The van der Waals surface area contributed by atoms with Gasteiger partial charge in [-0.3, -0.25) is 0 Å². The van der Waals surface area contributed by atoms with Crippen molar-refractivity contribution in [3.8, 4) is 17.2 Å². The van der Waals surface area contributed by atoms with Crippen LogP contribution in [0.25, 0.3) is 0 Å². The average Bonchev–Trinajstić information content (AvgIpc) is 2.75. The normalized spacial score (nSPS) is 10.8. The van der Waals surface area contributed by atoms with E-state index in [-0.39, 0.29) is 5.41 Å². The maximum Gasteiger partial charge on any atom is 0.126 e. The Morgan fingerprint density at radius 1 is 0.655 bits per heavy atom. The van der Waals surface area contributed by atoms with Gasteiger partial charge in [0, 0.05) is 5.41 Å². The molecule has 3 aromatic rings. The van der Waals surface area contributed by atoms with Crippen molar-refractivity contribution in [3.05, 3.63) is 115 Å². The fourth-order valence-corrected chi connectivity index (χ4v) is 3.48. The molecule has 0 spiro atoms. The van der Waals surface area contributed by atoms with Crippen LogP contribution >= 0.6 is 0 Å². The van der Waals surface area contributed by atoms with Crippen LogP contribution in [0.2, 0.25) is 0 Å². The Hall–Kier alpha value is -3.46. The summed E-state index contributed by atoms with van der Waals surface area (Å²) >= 11 is 0. The minimum absolute atomic E-state index is 0.371. The molecule has 3 nitrogen and oxygen atoms in total. The van der Waals surface area contributed by atoms with Crippen molar-refractivity contribution in [2.45, 2.75) is 19.3 Å². The third kappa shape index (κ3) is 4.35. The van der Waals surface area contributed by atoms with Crippen LogP contribution in [-0.2, 0) is 5.41 Å². The van der Waals surface area contributed by atoms with Crippen LogP contribution < -0.4 is 14.2 Å². The summed E-state index contributed by atoms with van der Waals surface area (Å²) in [4.78, 5) is 0. The predicted octanol–water partition coefficient (Wildman–Crippen LogP) is 6.48. The number of hydrogen-bond donors (Lipinski definition) is 0. The highest BCUT2D eigenvalue weighted by molar-refractivity contribution is 5.52. The molecule has 0 saturated carbocycles. The minimum Gasteiger partial charge on any atom is -0.494 e. The molecule has 3 heteroatoms. The van der Waals surface area contributed by atoms with E-state index in [1.165, 1.54) is 12.5 Å². The fourth-order valence-electron chi connectivity index (χ4n) is 3.48. The summed E-state index contributed by atoms with van der Waals surface area (Å²) in [6.45, 7) is 12.1. The van der Waals surface area contributed by atoms with Crippen molar-refractivity contribution in [1.82, 2.24) is 0 Å². The smallest absolute Gasteiger partial charge is 0.126 e. The maximum absolute atomic E-state index is 5.62. The van der Waals surface area contributed by atoms with E-state index < -0.39 is 0 Å². The highest BCUT2D eigenvalue weighted by atomic mass is 16.5. The fraction of sp³-hybridized carbons (Fsp3) is 0.154. The highest BCUT2D eigenvalue weighted by Crippen LogP contribution is 2.40. The lowest BCUT2D eigenvalue weighted by Gasteiger charge is -2.32. The molecule has 0 saturated heterocycles. The van der Waals surface area contributed by atoms with Crippen LogP contribution in [0.3, 0.4) is 0 Å².